The molecule has 0 saturated heterocycles. The highest BCUT2D eigenvalue weighted by Gasteiger charge is 2.27. The van der Waals surface area contributed by atoms with Gasteiger partial charge >= 0.3 is 0 Å². The molecule has 10 aromatic carbocycles. The molecule has 0 unspecified atom stereocenters. The number of hydrogen-bond acceptors (Lipinski definition) is 2. The van der Waals surface area contributed by atoms with Gasteiger partial charge in [0, 0.05) is 22.1 Å². The Labute approximate surface area is 349 Å². The lowest BCUT2D eigenvalue weighted by molar-refractivity contribution is 0.670. The molecule has 1 aromatic heterocycles. The Bertz CT molecular complexity index is 3310. The summed E-state index contributed by atoms with van der Waals surface area (Å²) in [6, 6.07) is 84.8. The van der Waals surface area contributed by atoms with Crippen molar-refractivity contribution < 1.29 is 4.42 Å². The molecule has 2 nitrogen and oxygen atoms in total. The second-order valence-electron chi connectivity index (χ2n) is 15.2. The van der Waals surface area contributed by atoms with E-state index < -0.39 is 0 Å². The van der Waals surface area contributed by atoms with Crippen LogP contribution in [-0.2, 0) is 0 Å². The van der Waals surface area contributed by atoms with E-state index in [-0.39, 0.29) is 0 Å². The highest BCUT2D eigenvalue weighted by atomic mass is 16.3. The van der Waals surface area contributed by atoms with Crippen LogP contribution in [0.15, 0.2) is 241 Å². The van der Waals surface area contributed by atoms with Crippen LogP contribution in [-0.4, -0.2) is 0 Å². The zero-order chi connectivity index (χ0) is 39.8. The minimum Gasteiger partial charge on any atom is -0.455 e. The lowest BCUT2D eigenvalue weighted by atomic mass is 9.91. The van der Waals surface area contributed by atoms with Crippen LogP contribution in [0, 0.1) is 0 Å². The number of anilines is 3. The van der Waals surface area contributed by atoms with Gasteiger partial charge in [-0.2, -0.15) is 0 Å². The molecule has 0 spiro atoms. The monoisotopic (exact) mass is 765 g/mol. The van der Waals surface area contributed by atoms with Crippen LogP contribution in [0.5, 0.6) is 0 Å². The van der Waals surface area contributed by atoms with Gasteiger partial charge in [-0.25, -0.2) is 0 Å². The van der Waals surface area contributed by atoms with Crippen molar-refractivity contribution in [3.63, 3.8) is 0 Å². The summed E-state index contributed by atoms with van der Waals surface area (Å²) in [6.07, 6.45) is 0. The van der Waals surface area contributed by atoms with Gasteiger partial charge in [0.1, 0.15) is 11.2 Å². The predicted octanol–water partition coefficient (Wildman–Crippen LogP) is 16.5. The second-order valence-corrected chi connectivity index (χ2v) is 15.2. The van der Waals surface area contributed by atoms with E-state index in [9.17, 15) is 0 Å². The van der Waals surface area contributed by atoms with E-state index in [0.717, 1.165) is 77.9 Å². The third kappa shape index (κ3) is 6.14. The minimum atomic E-state index is 0.854. The number of furan rings is 1. The predicted molar refractivity (Wildman–Crippen MR) is 253 cm³/mol. The van der Waals surface area contributed by atoms with Crippen LogP contribution in [0.3, 0.4) is 0 Å². The largest absolute Gasteiger partial charge is 0.455 e. The molecule has 0 radical (unpaired) electrons. The number of rotatable bonds is 8. The first-order chi connectivity index (χ1) is 29.8. The first-order valence-electron chi connectivity index (χ1n) is 20.5. The van der Waals surface area contributed by atoms with Crippen molar-refractivity contribution in [2.45, 2.75) is 0 Å². The minimum absolute atomic E-state index is 0.854. The lowest BCUT2D eigenvalue weighted by Gasteiger charge is -2.31. The van der Waals surface area contributed by atoms with Crippen LogP contribution >= 0.6 is 0 Å². The topological polar surface area (TPSA) is 16.4 Å². The van der Waals surface area contributed by atoms with Gasteiger partial charge < -0.3 is 9.32 Å². The summed E-state index contributed by atoms with van der Waals surface area (Å²) in [6.45, 7) is 0. The SMILES string of the molecule is c1ccc(-c2ccc(N(c3ccccc3-c3ccccc3-c3ccccc3)c3ccc(-c4cccc5ccccc45)c4oc5ccccc5c34)c(-c3ccccc3)c2)cc1. The molecule has 0 aliphatic heterocycles. The fourth-order valence-electron chi connectivity index (χ4n) is 8.93. The lowest BCUT2D eigenvalue weighted by Crippen LogP contribution is -2.13. The third-order valence-corrected chi connectivity index (χ3v) is 11.7. The Balaban J connectivity index is 1.25. The summed E-state index contributed by atoms with van der Waals surface area (Å²) < 4.78 is 7.01. The molecule has 0 aliphatic carbocycles. The number of benzene rings is 10. The Morgan fingerprint density at radius 2 is 0.817 bits per heavy atom. The van der Waals surface area contributed by atoms with Gasteiger partial charge in [-0.1, -0.05) is 200 Å². The molecule has 1 heterocycles. The molecule has 0 fully saturated rings. The molecule has 0 N–H and O–H groups in total. The maximum atomic E-state index is 7.01. The van der Waals surface area contributed by atoms with Crippen molar-refractivity contribution in [1.29, 1.82) is 0 Å². The van der Waals surface area contributed by atoms with E-state index in [4.69, 9.17) is 4.42 Å². The van der Waals surface area contributed by atoms with Gasteiger partial charge in [0.2, 0.25) is 0 Å². The molecule has 0 atom stereocenters. The van der Waals surface area contributed by atoms with E-state index in [1.54, 1.807) is 0 Å². The van der Waals surface area contributed by atoms with Crippen molar-refractivity contribution >= 4 is 49.8 Å². The number of fused-ring (bicyclic) bond motifs is 4. The van der Waals surface area contributed by atoms with Crippen LogP contribution < -0.4 is 4.90 Å². The maximum absolute atomic E-state index is 7.01. The molecule has 0 bridgehead atoms. The number of hydrogen-bond donors (Lipinski definition) is 0. The summed E-state index contributed by atoms with van der Waals surface area (Å²) in [5, 5.41) is 4.52. The highest BCUT2D eigenvalue weighted by Crippen LogP contribution is 2.51. The Morgan fingerprint density at radius 3 is 1.58 bits per heavy atom. The quantitative estimate of drug-likeness (QED) is 0.153. The van der Waals surface area contributed by atoms with Gasteiger partial charge in [0.25, 0.3) is 0 Å². The molecule has 60 heavy (non-hydrogen) atoms. The fraction of sp³-hybridized carbons (Fsp3) is 0. The first-order valence-corrected chi connectivity index (χ1v) is 20.5. The highest BCUT2D eigenvalue weighted by molar-refractivity contribution is 6.19. The molecular formula is C58H39NO. The fourth-order valence-corrected chi connectivity index (χ4v) is 8.93. The first kappa shape index (κ1) is 35.2. The smallest absolute Gasteiger partial charge is 0.145 e. The van der Waals surface area contributed by atoms with Crippen LogP contribution in [0.1, 0.15) is 0 Å². The summed E-state index contributed by atoms with van der Waals surface area (Å²) in [5.74, 6) is 0. The average Bonchev–Trinajstić information content (AvgIpc) is 3.73. The van der Waals surface area contributed by atoms with E-state index >= 15 is 0 Å². The van der Waals surface area contributed by atoms with Crippen molar-refractivity contribution in [3.05, 3.63) is 237 Å². The summed E-state index contributed by atoms with van der Waals surface area (Å²) in [5.41, 5.74) is 16.3. The second kappa shape index (κ2) is 15.1. The summed E-state index contributed by atoms with van der Waals surface area (Å²) in [7, 11) is 0. The Hall–Kier alpha value is -7.94. The zero-order valence-electron chi connectivity index (χ0n) is 32.9. The van der Waals surface area contributed by atoms with Gasteiger partial charge in [-0.05, 0) is 86.1 Å². The number of nitrogens with zero attached hydrogens (tertiary/aromatic N) is 1. The molecule has 11 aromatic rings. The van der Waals surface area contributed by atoms with Crippen molar-refractivity contribution in [1.82, 2.24) is 0 Å². The molecule has 0 aliphatic rings. The molecule has 0 saturated carbocycles. The van der Waals surface area contributed by atoms with Gasteiger partial charge in [-0.3, -0.25) is 0 Å². The van der Waals surface area contributed by atoms with Gasteiger partial charge in [-0.15, -0.1) is 0 Å². The summed E-state index contributed by atoms with van der Waals surface area (Å²) >= 11 is 0. The zero-order valence-corrected chi connectivity index (χ0v) is 32.9. The average molecular weight is 766 g/mol. The summed E-state index contributed by atoms with van der Waals surface area (Å²) in [4.78, 5) is 2.48. The Kier molecular flexibility index (Phi) is 8.87. The molecule has 282 valence electrons. The third-order valence-electron chi connectivity index (χ3n) is 11.7. The maximum Gasteiger partial charge on any atom is 0.145 e. The molecule has 0 amide bonds. The van der Waals surface area contributed by atoms with E-state index in [1.165, 1.54) is 27.5 Å². The normalized spacial score (nSPS) is 11.3. The van der Waals surface area contributed by atoms with E-state index in [1.807, 2.05) is 0 Å². The van der Waals surface area contributed by atoms with Crippen LogP contribution in [0.2, 0.25) is 0 Å². The van der Waals surface area contributed by atoms with Gasteiger partial charge in [0.05, 0.1) is 22.4 Å². The standard InChI is InChI=1S/C58H39NO/c1-4-19-40(20-5-1)44-35-37-54(52(39-44)43-23-8-3-9-24-43)59(53-33-16-14-30-49(53)47-29-13-12-28-45(47)41-21-6-2-7-22-41)55-38-36-50(48-32-18-26-42-25-10-11-27-46(42)48)58-57(55)51-31-15-17-34-56(51)60-58/h1-39H. The van der Waals surface area contributed by atoms with Crippen LogP contribution in [0.4, 0.5) is 17.1 Å². The van der Waals surface area contributed by atoms with Crippen molar-refractivity contribution in [2.75, 3.05) is 4.90 Å². The van der Waals surface area contributed by atoms with Crippen molar-refractivity contribution in [2.24, 2.45) is 0 Å². The Morgan fingerprint density at radius 1 is 0.283 bits per heavy atom. The van der Waals surface area contributed by atoms with Crippen LogP contribution in [0.25, 0.3) is 88.3 Å². The molecule has 11 rings (SSSR count). The molecular weight excluding hydrogens is 727 g/mol. The van der Waals surface area contributed by atoms with Gasteiger partial charge in [0.15, 0.2) is 0 Å². The molecule has 2 heteroatoms. The van der Waals surface area contributed by atoms with Crippen molar-refractivity contribution in [3.8, 4) is 55.6 Å². The number of para-hydroxylation sites is 2. The van der Waals surface area contributed by atoms with E-state index in [2.05, 4.69) is 241 Å². The van der Waals surface area contributed by atoms with E-state index in [0.29, 0.717) is 0 Å².